The summed E-state index contributed by atoms with van der Waals surface area (Å²) in [5, 5.41) is 7.76. The number of carbonyl (C=O) groups excluding carboxylic acids is 1. The highest BCUT2D eigenvalue weighted by Crippen LogP contribution is 2.19. The van der Waals surface area contributed by atoms with Crippen LogP contribution in [-0.4, -0.2) is 11.1 Å². The normalized spacial score (nSPS) is 10.7. The lowest BCUT2D eigenvalue weighted by Crippen LogP contribution is -2.14. The largest absolute Gasteiger partial charge is 0.356 e. The fourth-order valence-corrected chi connectivity index (χ4v) is 2.29. The smallest absolute Gasteiger partial charge is 0.230 e. The van der Waals surface area contributed by atoms with Gasteiger partial charge in [-0.1, -0.05) is 36.3 Å². The van der Waals surface area contributed by atoms with Gasteiger partial charge in [-0.3, -0.25) is 4.79 Å². The van der Waals surface area contributed by atoms with Crippen LogP contribution in [0.15, 0.2) is 53.1 Å². The zero-order valence-electron chi connectivity index (χ0n) is 11.8. The van der Waals surface area contributed by atoms with Gasteiger partial charge in [-0.05, 0) is 36.2 Å². The minimum atomic E-state index is -0.0951. The van der Waals surface area contributed by atoms with Gasteiger partial charge >= 0.3 is 0 Å². The van der Waals surface area contributed by atoms with Crippen LogP contribution >= 0.6 is 0 Å². The Bertz CT molecular complexity index is 777. The second-order valence-corrected chi connectivity index (χ2v) is 4.90. The Balaban J connectivity index is 1.74. The monoisotopic (exact) mass is 280 g/mol. The number of amides is 1. The lowest BCUT2D eigenvalue weighted by molar-refractivity contribution is -0.115. The van der Waals surface area contributed by atoms with E-state index in [4.69, 9.17) is 4.52 Å². The molecule has 0 aliphatic heterocycles. The van der Waals surface area contributed by atoms with Gasteiger partial charge < -0.3 is 9.84 Å². The fraction of sp³-hybridized carbons (Fsp3) is 0.176. The summed E-state index contributed by atoms with van der Waals surface area (Å²) >= 11 is 0. The van der Waals surface area contributed by atoms with Crippen molar-refractivity contribution >= 4 is 22.6 Å². The van der Waals surface area contributed by atoms with Crippen LogP contribution in [-0.2, 0) is 17.6 Å². The van der Waals surface area contributed by atoms with E-state index >= 15 is 0 Å². The minimum Gasteiger partial charge on any atom is -0.356 e. The second kappa shape index (κ2) is 5.79. The van der Waals surface area contributed by atoms with Crippen LogP contribution in [0.3, 0.4) is 0 Å². The van der Waals surface area contributed by atoms with Crippen molar-refractivity contribution in [3.8, 4) is 0 Å². The third-order valence-electron chi connectivity index (χ3n) is 3.40. The number of aryl methyl sites for hydroxylation is 1. The van der Waals surface area contributed by atoms with Crippen molar-refractivity contribution in [2.45, 2.75) is 19.8 Å². The van der Waals surface area contributed by atoms with Crippen LogP contribution < -0.4 is 5.32 Å². The SMILES string of the molecule is CCc1cccc(NC(=O)Cc2noc3ccccc23)c1. The van der Waals surface area contributed by atoms with Gasteiger partial charge in [0.25, 0.3) is 0 Å². The van der Waals surface area contributed by atoms with E-state index in [1.165, 1.54) is 5.56 Å². The molecular weight excluding hydrogens is 264 g/mol. The van der Waals surface area contributed by atoms with Crippen LogP contribution in [0, 0.1) is 0 Å². The van der Waals surface area contributed by atoms with E-state index in [0.717, 1.165) is 17.5 Å². The van der Waals surface area contributed by atoms with E-state index < -0.39 is 0 Å². The maximum Gasteiger partial charge on any atom is 0.230 e. The number of hydrogen-bond donors (Lipinski definition) is 1. The first-order chi connectivity index (χ1) is 10.3. The van der Waals surface area contributed by atoms with Crippen LogP contribution in [0.5, 0.6) is 0 Å². The maximum absolute atomic E-state index is 12.1. The summed E-state index contributed by atoms with van der Waals surface area (Å²) in [6.45, 7) is 2.09. The molecule has 3 rings (SSSR count). The molecule has 1 N–H and O–H groups in total. The summed E-state index contributed by atoms with van der Waals surface area (Å²) in [6.07, 6.45) is 1.14. The first-order valence-corrected chi connectivity index (χ1v) is 6.98. The third kappa shape index (κ3) is 2.94. The number of benzene rings is 2. The van der Waals surface area contributed by atoms with Gasteiger partial charge in [-0.25, -0.2) is 0 Å². The van der Waals surface area contributed by atoms with Gasteiger partial charge in [0.2, 0.25) is 5.91 Å². The van der Waals surface area contributed by atoms with Crippen LogP contribution in [0.4, 0.5) is 5.69 Å². The summed E-state index contributed by atoms with van der Waals surface area (Å²) < 4.78 is 5.21. The predicted octanol–water partition coefficient (Wildman–Crippen LogP) is 3.57. The zero-order chi connectivity index (χ0) is 14.7. The number of para-hydroxylation sites is 1. The number of rotatable bonds is 4. The molecule has 0 fully saturated rings. The summed E-state index contributed by atoms with van der Waals surface area (Å²) in [6, 6.07) is 15.4. The van der Waals surface area contributed by atoms with E-state index in [9.17, 15) is 4.79 Å². The molecule has 0 bridgehead atoms. The predicted molar refractivity (Wildman–Crippen MR) is 82.2 cm³/mol. The molecule has 1 aromatic heterocycles. The van der Waals surface area contributed by atoms with Gasteiger partial charge in [0.05, 0.1) is 6.42 Å². The van der Waals surface area contributed by atoms with E-state index in [1.807, 2.05) is 48.5 Å². The molecule has 2 aromatic carbocycles. The molecular formula is C17H16N2O2. The van der Waals surface area contributed by atoms with Crippen molar-refractivity contribution in [2.75, 3.05) is 5.32 Å². The van der Waals surface area contributed by atoms with E-state index in [0.29, 0.717) is 11.3 Å². The van der Waals surface area contributed by atoms with E-state index in [1.54, 1.807) is 0 Å². The highest BCUT2D eigenvalue weighted by Gasteiger charge is 2.12. The number of nitrogens with zero attached hydrogens (tertiary/aromatic N) is 1. The molecule has 0 saturated heterocycles. The molecule has 0 unspecified atom stereocenters. The molecule has 0 aliphatic rings. The van der Waals surface area contributed by atoms with Gasteiger partial charge in [-0.2, -0.15) is 0 Å². The number of nitrogens with one attached hydrogen (secondary N) is 1. The summed E-state index contributed by atoms with van der Waals surface area (Å²) in [7, 11) is 0. The average molecular weight is 280 g/mol. The number of fused-ring (bicyclic) bond motifs is 1. The van der Waals surface area contributed by atoms with Crippen molar-refractivity contribution in [3.63, 3.8) is 0 Å². The Morgan fingerprint density at radius 1 is 1.19 bits per heavy atom. The van der Waals surface area contributed by atoms with Gasteiger partial charge in [0, 0.05) is 11.1 Å². The Kier molecular flexibility index (Phi) is 3.69. The lowest BCUT2D eigenvalue weighted by atomic mass is 10.1. The molecule has 106 valence electrons. The summed E-state index contributed by atoms with van der Waals surface area (Å²) in [4.78, 5) is 12.1. The minimum absolute atomic E-state index is 0.0951. The molecule has 0 spiro atoms. The Hall–Kier alpha value is -2.62. The van der Waals surface area contributed by atoms with E-state index in [-0.39, 0.29) is 12.3 Å². The molecule has 21 heavy (non-hydrogen) atoms. The molecule has 4 nitrogen and oxygen atoms in total. The van der Waals surface area contributed by atoms with Crippen molar-refractivity contribution in [1.82, 2.24) is 5.16 Å². The quantitative estimate of drug-likeness (QED) is 0.794. The van der Waals surface area contributed by atoms with Crippen molar-refractivity contribution in [3.05, 3.63) is 59.8 Å². The third-order valence-corrected chi connectivity index (χ3v) is 3.40. The second-order valence-electron chi connectivity index (χ2n) is 4.90. The number of aromatic nitrogens is 1. The first-order valence-electron chi connectivity index (χ1n) is 6.98. The standard InChI is InChI=1S/C17H16N2O2/c1-2-12-6-5-7-13(10-12)18-17(20)11-15-14-8-3-4-9-16(14)21-19-15/h3-10H,2,11H2,1H3,(H,18,20). The van der Waals surface area contributed by atoms with Crippen LogP contribution in [0.2, 0.25) is 0 Å². The Labute approximate surface area is 122 Å². The van der Waals surface area contributed by atoms with E-state index in [2.05, 4.69) is 17.4 Å². The Morgan fingerprint density at radius 3 is 2.90 bits per heavy atom. The van der Waals surface area contributed by atoms with Crippen LogP contribution in [0.25, 0.3) is 11.0 Å². The van der Waals surface area contributed by atoms with Crippen molar-refractivity contribution in [2.24, 2.45) is 0 Å². The van der Waals surface area contributed by atoms with Gasteiger partial charge in [0.1, 0.15) is 5.69 Å². The first kappa shape index (κ1) is 13.4. The molecule has 0 aliphatic carbocycles. The molecule has 3 aromatic rings. The van der Waals surface area contributed by atoms with Crippen molar-refractivity contribution in [1.29, 1.82) is 0 Å². The lowest BCUT2D eigenvalue weighted by Gasteiger charge is -2.05. The molecule has 0 radical (unpaired) electrons. The topological polar surface area (TPSA) is 55.1 Å². The molecule has 1 heterocycles. The van der Waals surface area contributed by atoms with Crippen LogP contribution in [0.1, 0.15) is 18.2 Å². The number of hydrogen-bond acceptors (Lipinski definition) is 3. The average Bonchev–Trinajstić information content (AvgIpc) is 2.91. The molecule has 0 saturated carbocycles. The van der Waals surface area contributed by atoms with Gasteiger partial charge in [0.15, 0.2) is 5.58 Å². The zero-order valence-corrected chi connectivity index (χ0v) is 11.8. The highest BCUT2D eigenvalue weighted by atomic mass is 16.5. The van der Waals surface area contributed by atoms with Crippen molar-refractivity contribution < 1.29 is 9.32 Å². The number of anilines is 1. The van der Waals surface area contributed by atoms with Gasteiger partial charge in [-0.15, -0.1) is 0 Å². The number of carbonyl (C=O) groups is 1. The fourth-order valence-electron chi connectivity index (χ4n) is 2.29. The molecule has 0 atom stereocenters. The Morgan fingerprint density at radius 2 is 2.05 bits per heavy atom. The summed E-state index contributed by atoms with van der Waals surface area (Å²) in [5.74, 6) is -0.0951. The summed E-state index contributed by atoms with van der Waals surface area (Å²) in [5.41, 5.74) is 3.37. The highest BCUT2D eigenvalue weighted by molar-refractivity contribution is 5.94. The molecule has 1 amide bonds. The molecule has 4 heteroatoms. The maximum atomic E-state index is 12.1.